The molecule has 0 radical (unpaired) electrons. The molecule has 1 amide bonds. The van der Waals surface area contributed by atoms with Gasteiger partial charge in [-0.2, -0.15) is 10.1 Å². The third-order valence-electron chi connectivity index (χ3n) is 5.90. The molecule has 1 saturated heterocycles. The molecule has 1 fully saturated rings. The summed E-state index contributed by atoms with van der Waals surface area (Å²) in [6.07, 6.45) is 2.49. The van der Waals surface area contributed by atoms with Crippen molar-refractivity contribution in [1.82, 2.24) is 30.6 Å². The summed E-state index contributed by atoms with van der Waals surface area (Å²) in [5.74, 6) is 0.244. The Balaban J connectivity index is 1.35. The van der Waals surface area contributed by atoms with Gasteiger partial charge >= 0.3 is 0 Å². The maximum Gasteiger partial charge on any atom is 0.270 e. The van der Waals surface area contributed by atoms with E-state index in [4.69, 9.17) is 4.52 Å². The molecular formula is C24H27FN8O2. The molecule has 0 spiro atoms. The van der Waals surface area contributed by atoms with Crippen LogP contribution in [0.2, 0.25) is 0 Å². The van der Waals surface area contributed by atoms with Gasteiger partial charge in [-0.3, -0.25) is 15.2 Å². The predicted octanol–water partition coefficient (Wildman–Crippen LogP) is 3.40. The van der Waals surface area contributed by atoms with Crippen molar-refractivity contribution < 1.29 is 13.7 Å². The molecule has 4 N–H and O–H groups in total. The first-order valence-corrected chi connectivity index (χ1v) is 11.5. The van der Waals surface area contributed by atoms with Crippen molar-refractivity contribution >= 4 is 28.7 Å². The van der Waals surface area contributed by atoms with Crippen LogP contribution < -0.4 is 16.0 Å². The molecule has 1 atom stereocenters. The summed E-state index contributed by atoms with van der Waals surface area (Å²) in [5.41, 5.74) is 2.01. The van der Waals surface area contributed by atoms with Gasteiger partial charge in [-0.25, -0.2) is 9.37 Å². The van der Waals surface area contributed by atoms with E-state index in [-0.39, 0.29) is 29.4 Å². The number of halogens is 1. The van der Waals surface area contributed by atoms with Crippen LogP contribution in [0, 0.1) is 5.82 Å². The molecule has 0 aliphatic carbocycles. The van der Waals surface area contributed by atoms with Crippen molar-refractivity contribution in [2.45, 2.75) is 45.1 Å². The van der Waals surface area contributed by atoms with E-state index in [9.17, 15) is 4.79 Å². The van der Waals surface area contributed by atoms with Crippen molar-refractivity contribution in [2.24, 2.45) is 0 Å². The fourth-order valence-electron chi connectivity index (χ4n) is 4.05. The van der Waals surface area contributed by atoms with Gasteiger partial charge in [-0.05, 0) is 46.9 Å². The van der Waals surface area contributed by atoms with Crippen LogP contribution in [0.15, 0.2) is 35.0 Å². The number of fused-ring (bicyclic) bond motifs is 1. The van der Waals surface area contributed by atoms with Gasteiger partial charge in [-0.1, -0.05) is 32.9 Å². The molecule has 4 aromatic rings. The maximum absolute atomic E-state index is 15.1. The van der Waals surface area contributed by atoms with E-state index in [1.165, 1.54) is 6.07 Å². The molecule has 1 aliphatic heterocycles. The lowest BCUT2D eigenvalue weighted by Crippen LogP contribution is -2.22. The van der Waals surface area contributed by atoms with Gasteiger partial charge in [0.05, 0.1) is 11.8 Å². The first-order valence-electron chi connectivity index (χ1n) is 11.5. The highest BCUT2D eigenvalue weighted by Crippen LogP contribution is 2.33. The lowest BCUT2D eigenvalue weighted by Gasteiger charge is -2.12. The fourth-order valence-corrected chi connectivity index (χ4v) is 4.05. The summed E-state index contributed by atoms with van der Waals surface area (Å²) < 4.78 is 20.2. The molecule has 3 aromatic heterocycles. The third kappa shape index (κ3) is 4.85. The fraction of sp³-hybridized carbons (Fsp3) is 0.375. The first-order chi connectivity index (χ1) is 16.8. The number of nitrogens with one attached hydrogen (secondary N) is 4. The van der Waals surface area contributed by atoms with Crippen molar-refractivity contribution in [3.05, 3.63) is 47.7 Å². The summed E-state index contributed by atoms with van der Waals surface area (Å²) in [6.45, 7) is 7.59. The highest BCUT2D eigenvalue weighted by Gasteiger charge is 2.23. The first kappa shape index (κ1) is 22.9. The van der Waals surface area contributed by atoms with E-state index in [0.717, 1.165) is 30.5 Å². The zero-order chi connectivity index (χ0) is 24.6. The van der Waals surface area contributed by atoms with Crippen LogP contribution in [-0.2, 0) is 16.6 Å². The number of benzene rings is 1. The van der Waals surface area contributed by atoms with Gasteiger partial charge in [0.2, 0.25) is 11.8 Å². The van der Waals surface area contributed by atoms with Crippen LogP contribution in [0.4, 0.5) is 16.2 Å². The molecule has 1 aromatic carbocycles. The number of hydrogen-bond donors (Lipinski definition) is 4. The van der Waals surface area contributed by atoms with Crippen LogP contribution >= 0.6 is 0 Å². The number of aromatic nitrogens is 5. The van der Waals surface area contributed by atoms with E-state index in [1.807, 2.05) is 26.8 Å². The Kier molecular flexibility index (Phi) is 5.93. The molecular weight excluding hydrogens is 451 g/mol. The largest absolute Gasteiger partial charge is 0.364 e. The smallest absolute Gasteiger partial charge is 0.270 e. The number of hydrogen-bond acceptors (Lipinski definition) is 8. The quantitative estimate of drug-likeness (QED) is 0.331. The minimum atomic E-state index is -0.482. The SMILES string of the molecule is CC(C)(C)c1nc(NC(=O)Cc2ccc(-c3ccnc4[nH]nc(N[C@@H]5CCNC5)c34)cc2F)no1. The Morgan fingerprint density at radius 3 is 2.86 bits per heavy atom. The summed E-state index contributed by atoms with van der Waals surface area (Å²) in [4.78, 5) is 21.0. The minimum absolute atomic E-state index is 0.0635. The summed E-state index contributed by atoms with van der Waals surface area (Å²) >= 11 is 0. The summed E-state index contributed by atoms with van der Waals surface area (Å²) in [5, 5.41) is 21.2. The van der Waals surface area contributed by atoms with Crippen molar-refractivity contribution in [1.29, 1.82) is 0 Å². The Bertz CT molecular complexity index is 1370. The monoisotopic (exact) mass is 478 g/mol. The van der Waals surface area contributed by atoms with Gasteiger partial charge in [-0.15, -0.1) is 0 Å². The Morgan fingerprint density at radius 1 is 1.29 bits per heavy atom. The van der Waals surface area contributed by atoms with E-state index in [2.05, 4.69) is 41.3 Å². The number of nitrogens with zero attached hydrogens (tertiary/aromatic N) is 4. The Morgan fingerprint density at radius 2 is 2.14 bits per heavy atom. The number of amides is 1. The zero-order valence-corrected chi connectivity index (χ0v) is 19.8. The normalized spacial score (nSPS) is 16.1. The number of carbonyl (C=O) groups is 1. The molecule has 35 heavy (non-hydrogen) atoms. The van der Waals surface area contributed by atoms with E-state index < -0.39 is 11.7 Å². The van der Waals surface area contributed by atoms with Crippen LogP contribution in [0.5, 0.6) is 0 Å². The molecule has 0 bridgehead atoms. The lowest BCUT2D eigenvalue weighted by molar-refractivity contribution is -0.115. The van der Waals surface area contributed by atoms with Crippen molar-refractivity contribution in [3.63, 3.8) is 0 Å². The number of H-pyrrole nitrogens is 1. The Labute approximate surface area is 201 Å². The number of carbonyl (C=O) groups excluding carboxylic acids is 1. The standard InChI is InChI=1S/C24H27FN8O2/c1-24(2,3)22-30-23(33-35-22)29-18(34)11-14-5-4-13(10-17(14)25)16-7-9-27-20-19(16)21(32-31-20)28-15-6-8-26-12-15/h4-5,7,9-10,15,26H,6,8,11-12H2,1-3H3,(H,29,33,34)(H2,27,28,31,32)/t15-/m1/s1. The molecule has 11 heteroatoms. The topological polar surface area (TPSA) is 134 Å². The second-order valence-electron chi connectivity index (χ2n) is 9.69. The van der Waals surface area contributed by atoms with Gasteiger partial charge in [0.25, 0.3) is 5.95 Å². The highest BCUT2D eigenvalue weighted by molar-refractivity contribution is 6.00. The number of pyridine rings is 1. The number of rotatable bonds is 6. The van der Waals surface area contributed by atoms with Gasteiger partial charge in [0, 0.05) is 24.2 Å². The maximum atomic E-state index is 15.1. The van der Waals surface area contributed by atoms with E-state index in [0.29, 0.717) is 22.9 Å². The molecule has 10 nitrogen and oxygen atoms in total. The van der Waals surface area contributed by atoms with Crippen LogP contribution in [0.3, 0.4) is 0 Å². The third-order valence-corrected chi connectivity index (χ3v) is 5.90. The van der Waals surface area contributed by atoms with Crippen LogP contribution in [-0.4, -0.2) is 50.4 Å². The van der Waals surface area contributed by atoms with Crippen molar-refractivity contribution in [3.8, 4) is 11.1 Å². The lowest BCUT2D eigenvalue weighted by atomic mass is 9.97. The Hall–Kier alpha value is -3.86. The molecule has 0 saturated carbocycles. The molecule has 4 heterocycles. The minimum Gasteiger partial charge on any atom is -0.364 e. The number of aromatic amines is 1. The van der Waals surface area contributed by atoms with Crippen LogP contribution in [0.25, 0.3) is 22.2 Å². The number of anilines is 2. The van der Waals surface area contributed by atoms with E-state index in [1.54, 1.807) is 18.3 Å². The van der Waals surface area contributed by atoms with Crippen LogP contribution in [0.1, 0.15) is 38.6 Å². The van der Waals surface area contributed by atoms with E-state index >= 15 is 4.39 Å². The van der Waals surface area contributed by atoms with Gasteiger partial charge in [0.1, 0.15) is 5.82 Å². The zero-order valence-electron chi connectivity index (χ0n) is 19.8. The molecule has 1 aliphatic rings. The summed E-state index contributed by atoms with van der Waals surface area (Å²) in [6, 6.07) is 6.94. The van der Waals surface area contributed by atoms with Crippen molar-refractivity contribution in [2.75, 3.05) is 23.7 Å². The second-order valence-corrected chi connectivity index (χ2v) is 9.69. The second kappa shape index (κ2) is 9.06. The molecule has 0 unspecified atom stereocenters. The summed E-state index contributed by atoms with van der Waals surface area (Å²) in [7, 11) is 0. The molecule has 5 rings (SSSR count). The highest BCUT2D eigenvalue weighted by atomic mass is 19.1. The van der Waals surface area contributed by atoms with Gasteiger partial charge < -0.3 is 15.2 Å². The average molecular weight is 479 g/mol. The predicted molar refractivity (Wildman–Crippen MR) is 130 cm³/mol. The van der Waals surface area contributed by atoms with Gasteiger partial charge in [0.15, 0.2) is 11.5 Å². The molecule has 182 valence electrons. The average Bonchev–Trinajstić information content (AvgIpc) is 3.57.